The molecule has 1 aromatic rings. The van der Waals surface area contributed by atoms with Crippen LogP contribution in [0.1, 0.15) is 42.5 Å². The van der Waals surface area contributed by atoms with Crippen molar-refractivity contribution in [1.82, 2.24) is 5.32 Å². The summed E-state index contributed by atoms with van der Waals surface area (Å²) in [5.74, 6) is 0.881. The van der Waals surface area contributed by atoms with Crippen LogP contribution in [-0.4, -0.2) is 32.0 Å². The molecular formula is C17H24N2O. The first-order valence-electron chi connectivity index (χ1n) is 7.92. The summed E-state index contributed by atoms with van der Waals surface area (Å²) in [6, 6.07) is 8.25. The van der Waals surface area contributed by atoms with E-state index in [1.807, 2.05) is 12.1 Å². The quantitative estimate of drug-likeness (QED) is 0.855. The van der Waals surface area contributed by atoms with Gasteiger partial charge in [0, 0.05) is 30.8 Å². The van der Waals surface area contributed by atoms with Gasteiger partial charge in [0.25, 0.3) is 0 Å². The molecule has 20 heavy (non-hydrogen) atoms. The van der Waals surface area contributed by atoms with Crippen LogP contribution in [0.3, 0.4) is 0 Å². The average Bonchev–Trinajstić information content (AvgIpc) is 3.03. The highest BCUT2D eigenvalue weighted by atomic mass is 16.1. The molecule has 2 aliphatic rings. The van der Waals surface area contributed by atoms with Gasteiger partial charge in [-0.05, 0) is 69.0 Å². The Morgan fingerprint density at radius 2 is 1.75 bits per heavy atom. The van der Waals surface area contributed by atoms with Gasteiger partial charge in [-0.2, -0.15) is 0 Å². The Hall–Kier alpha value is -1.35. The lowest BCUT2D eigenvalue weighted by Crippen LogP contribution is -2.28. The molecule has 3 nitrogen and oxygen atoms in total. The number of carbonyl (C=O) groups excluding carboxylic acids is 1. The number of Topliss-reactive ketones (excluding diaryl/α,β-unsaturated/α-hetero) is 1. The van der Waals surface area contributed by atoms with Crippen molar-refractivity contribution in [3.05, 3.63) is 29.8 Å². The standard InChI is InChI=1S/C17H24N2O/c20-17(13-14-7-9-18-10-8-14)15-3-5-16(6-4-15)19-11-1-2-12-19/h3-6,14,18H,1-2,7-13H2. The van der Waals surface area contributed by atoms with Crippen LogP contribution in [0.2, 0.25) is 0 Å². The van der Waals surface area contributed by atoms with Gasteiger partial charge >= 0.3 is 0 Å². The van der Waals surface area contributed by atoms with Crippen molar-refractivity contribution in [2.75, 3.05) is 31.1 Å². The molecule has 0 unspecified atom stereocenters. The van der Waals surface area contributed by atoms with Gasteiger partial charge in [-0.15, -0.1) is 0 Å². The lowest BCUT2D eigenvalue weighted by molar-refractivity contribution is 0.0952. The third kappa shape index (κ3) is 3.21. The number of ketones is 1. The molecule has 0 aliphatic carbocycles. The number of carbonyl (C=O) groups is 1. The Bertz CT molecular complexity index is 443. The minimum absolute atomic E-state index is 0.310. The zero-order valence-electron chi connectivity index (χ0n) is 12.1. The third-order valence-corrected chi connectivity index (χ3v) is 4.59. The average molecular weight is 272 g/mol. The maximum Gasteiger partial charge on any atom is 0.163 e. The number of nitrogens with zero attached hydrogens (tertiary/aromatic N) is 1. The number of rotatable bonds is 4. The molecule has 0 radical (unpaired) electrons. The number of hydrogen-bond donors (Lipinski definition) is 1. The highest BCUT2D eigenvalue weighted by molar-refractivity contribution is 5.96. The van der Waals surface area contributed by atoms with Crippen molar-refractivity contribution in [1.29, 1.82) is 0 Å². The molecule has 0 amide bonds. The van der Waals surface area contributed by atoms with Crippen molar-refractivity contribution in [2.24, 2.45) is 5.92 Å². The summed E-state index contributed by atoms with van der Waals surface area (Å²) in [6.45, 7) is 4.43. The molecule has 2 heterocycles. The van der Waals surface area contributed by atoms with Crippen LogP contribution >= 0.6 is 0 Å². The number of benzene rings is 1. The van der Waals surface area contributed by atoms with Gasteiger partial charge in [0.2, 0.25) is 0 Å². The molecule has 2 fully saturated rings. The molecule has 2 saturated heterocycles. The fraction of sp³-hybridized carbons (Fsp3) is 0.588. The van der Waals surface area contributed by atoms with Crippen LogP contribution in [0.25, 0.3) is 0 Å². The van der Waals surface area contributed by atoms with Crippen LogP contribution in [0.4, 0.5) is 5.69 Å². The number of piperidine rings is 1. The van der Waals surface area contributed by atoms with Gasteiger partial charge in [-0.3, -0.25) is 4.79 Å². The maximum absolute atomic E-state index is 12.3. The van der Waals surface area contributed by atoms with Crippen molar-refractivity contribution in [2.45, 2.75) is 32.1 Å². The van der Waals surface area contributed by atoms with E-state index in [1.54, 1.807) is 0 Å². The second-order valence-electron chi connectivity index (χ2n) is 6.06. The fourth-order valence-corrected chi connectivity index (χ4v) is 3.30. The summed E-state index contributed by atoms with van der Waals surface area (Å²) < 4.78 is 0. The van der Waals surface area contributed by atoms with E-state index in [0.717, 1.165) is 44.6 Å². The molecule has 0 spiro atoms. The van der Waals surface area contributed by atoms with Crippen molar-refractivity contribution in [3.63, 3.8) is 0 Å². The van der Waals surface area contributed by atoms with E-state index in [2.05, 4.69) is 22.3 Å². The van der Waals surface area contributed by atoms with E-state index < -0.39 is 0 Å². The van der Waals surface area contributed by atoms with Crippen LogP contribution in [0, 0.1) is 5.92 Å². The zero-order valence-corrected chi connectivity index (χ0v) is 12.1. The molecule has 3 rings (SSSR count). The molecule has 0 saturated carbocycles. The molecule has 0 atom stereocenters. The highest BCUT2D eigenvalue weighted by Gasteiger charge is 2.18. The Morgan fingerprint density at radius 1 is 1.10 bits per heavy atom. The second kappa shape index (κ2) is 6.40. The number of anilines is 1. The van der Waals surface area contributed by atoms with Gasteiger partial charge < -0.3 is 10.2 Å². The molecule has 3 heteroatoms. The van der Waals surface area contributed by atoms with Crippen LogP contribution in [0.15, 0.2) is 24.3 Å². The number of hydrogen-bond acceptors (Lipinski definition) is 3. The topological polar surface area (TPSA) is 32.3 Å². The first kappa shape index (κ1) is 13.6. The predicted molar refractivity (Wildman–Crippen MR) is 82.4 cm³/mol. The Kier molecular flexibility index (Phi) is 4.36. The normalized spacial score (nSPS) is 20.3. The third-order valence-electron chi connectivity index (χ3n) is 4.59. The van der Waals surface area contributed by atoms with Crippen LogP contribution < -0.4 is 10.2 Å². The van der Waals surface area contributed by atoms with E-state index in [1.165, 1.54) is 18.5 Å². The van der Waals surface area contributed by atoms with Gasteiger partial charge in [0.15, 0.2) is 5.78 Å². The van der Waals surface area contributed by atoms with E-state index in [0.29, 0.717) is 18.1 Å². The first-order chi connectivity index (χ1) is 9.83. The SMILES string of the molecule is O=C(CC1CCNCC1)c1ccc(N2CCCC2)cc1. The summed E-state index contributed by atoms with van der Waals surface area (Å²) in [5.41, 5.74) is 2.15. The summed E-state index contributed by atoms with van der Waals surface area (Å²) in [4.78, 5) is 14.7. The molecule has 0 bridgehead atoms. The van der Waals surface area contributed by atoms with E-state index in [-0.39, 0.29) is 0 Å². The summed E-state index contributed by atoms with van der Waals surface area (Å²) in [7, 11) is 0. The van der Waals surface area contributed by atoms with Gasteiger partial charge in [0.05, 0.1) is 0 Å². The molecule has 2 aliphatic heterocycles. The maximum atomic E-state index is 12.3. The highest BCUT2D eigenvalue weighted by Crippen LogP contribution is 2.23. The van der Waals surface area contributed by atoms with Gasteiger partial charge in [-0.1, -0.05) is 0 Å². The lowest BCUT2D eigenvalue weighted by atomic mass is 9.90. The summed E-state index contributed by atoms with van der Waals surface area (Å²) in [5, 5.41) is 3.35. The minimum Gasteiger partial charge on any atom is -0.372 e. The van der Waals surface area contributed by atoms with Gasteiger partial charge in [0.1, 0.15) is 0 Å². The Balaban J connectivity index is 1.59. The zero-order chi connectivity index (χ0) is 13.8. The molecule has 1 aromatic carbocycles. The molecule has 0 aromatic heterocycles. The Labute approximate surface area is 121 Å². The predicted octanol–water partition coefficient (Wildman–Crippen LogP) is 2.86. The van der Waals surface area contributed by atoms with E-state index in [9.17, 15) is 4.79 Å². The second-order valence-corrected chi connectivity index (χ2v) is 6.06. The fourth-order valence-electron chi connectivity index (χ4n) is 3.30. The van der Waals surface area contributed by atoms with Crippen molar-refractivity contribution >= 4 is 11.5 Å². The molecular weight excluding hydrogens is 248 g/mol. The monoisotopic (exact) mass is 272 g/mol. The largest absolute Gasteiger partial charge is 0.372 e. The first-order valence-corrected chi connectivity index (χ1v) is 7.92. The van der Waals surface area contributed by atoms with Crippen LogP contribution in [0.5, 0.6) is 0 Å². The van der Waals surface area contributed by atoms with Crippen molar-refractivity contribution in [3.8, 4) is 0 Å². The Morgan fingerprint density at radius 3 is 2.40 bits per heavy atom. The summed E-state index contributed by atoms with van der Waals surface area (Å²) in [6.07, 6.45) is 5.56. The van der Waals surface area contributed by atoms with E-state index >= 15 is 0 Å². The lowest BCUT2D eigenvalue weighted by Gasteiger charge is -2.22. The molecule has 1 N–H and O–H groups in total. The van der Waals surface area contributed by atoms with Crippen molar-refractivity contribution < 1.29 is 4.79 Å². The van der Waals surface area contributed by atoms with E-state index in [4.69, 9.17) is 0 Å². The molecule has 108 valence electrons. The minimum atomic E-state index is 0.310. The van der Waals surface area contributed by atoms with Gasteiger partial charge in [-0.25, -0.2) is 0 Å². The smallest absolute Gasteiger partial charge is 0.163 e. The number of nitrogens with one attached hydrogen (secondary N) is 1. The summed E-state index contributed by atoms with van der Waals surface area (Å²) >= 11 is 0. The van der Waals surface area contributed by atoms with Crippen LogP contribution in [-0.2, 0) is 0 Å².